The minimum atomic E-state index is -1.06. The van der Waals surface area contributed by atoms with Gasteiger partial charge in [0.1, 0.15) is 17.7 Å². The average molecular weight is 491 g/mol. The molecule has 6 amide bonds. The largest absolute Gasteiger partial charge is 0.326 e. The van der Waals surface area contributed by atoms with E-state index in [-0.39, 0.29) is 40.6 Å². The molecule has 196 valence electrons. The van der Waals surface area contributed by atoms with E-state index in [1.165, 1.54) is 0 Å². The predicted octanol–water partition coefficient (Wildman–Crippen LogP) is 2.09. The number of amides is 6. The normalized spacial score (nSPS) is 30.8. The molecule has 4 saturated heterocycles. The molecule has 4 rings (SSSR count). The molecule has 4 fully saturated rings. The highest BCUT2D eigenvalue weighted by atomic mass is 16.2. The van der Waals surface area contributed by atoms with Crippen LogP contribution in [0.25, 0.3) is 0 Å². The van der Waals surface area contributed by atoms with Crippen LogP contribution in [0.2, 0.25) is 0 Å². The third-order valence-electron chi connectivity index (χ3n) is 9.34. The van der Waals surface area contributed by atoms with Crippen molar-refractivity contribution in [1.82, 2.24) is 30.2 Å². The number of nitrogens with one attached hydrogen (secondary N) is 2. The molecule has 0 aromatic carbocycles. The van der Waals surface area contributed by atoms with Crippen LogP contribution in [0.15, 0.2) is 0 Å². The highest BCUT2D eigenvalue weighted by molar-refractivity contribution is 6.10. The number of hydrogen-bond acceptors (Lipinski definition) is 6. The number of likely N-dealkylation sites (tertiary alicyclic amines) is 2. The van der Waals surface area contributed by atoms with Crippen LogP contribution in [-0.2, 0) is 9.59 Å². The predicted molar refractivity (Wildman–Crippen MR) is 131 cm³/mol. The van der Waals surface area contributed by atoms with E-state index in [0.717, 1.165) is 9.80 Å². The van der Waals surface area contributed by atoms with Gasteiger partial charge >= 0.3 is 12.1 Å². The second-order valence-electron chi connectivity index (χ2n) is 13.7. The molecule has 35 heavy (non-hydrogen) atoms. The van der Waals surface area contributed by atoms with Crippen LogP contribution in [0.5, 0.6) is 0 Å². The minimum Gasteiger partial charge on any atom is -0.323 e. The maximum absolute atomic E-state index is 13.7. The molecule has 0 bridgehead atoms. The number of carbonyl (C=O) groups excluding carboxylic acids is 4. The van der Waals surface area contributed by atoms with Crippen molar-refractivity contribution in [2.24, 2.45) is 0 Å². The summed E-state index contributed by atoms with van der Waals surface area (Å²) in [5, 5.41) is 5.88. The van der Waals surface area contributed by atoms with Crippen LogP contribution in [0.3, 0.4) is 0 Å². The minimum absolute atomic E-state index is 0.336. The van der Waals surface area contributed by atoms with Crippen LogP contribution in [0, 0.1) is 0 Å². The van der Waals surface area contributed by atoms with Crippen LogP contribution in [0.4, 0.5) is 9.59 Å². The molecule has 0 radical (unpaired) electrons. The van der Waals surface area contributed by atoms with Gasteiger partial charge in [0, 0.05) is 22.2 Å². The average Bonchev–Trinajstić information content (AvgIpc) is 3.02. The number of nitrogens with zero attached hydrogens (tertiary/aromatic N) is 4. The van der Waals surface area contributed by atoms with E-state index in [1.807, 2.05) is 14.1 Å². The van der Waals surface area contributed by atoms with Gasteiger partial charge in [-0.1, -0.05) is 0 Å². The number of carbonyl (C=O) groups is 4. The molecule has 2 N–H and O–H groups in total. The number of urea groups is 2. The Morgan fingerprint density at radius 3 is 1.09 bits per heavy atom. The van der Waals surface area contributed by atoms with Crippen molar-refractivity contribution in [3.8, 4) is 0 Å². The fraction of sp³-hybridized carbons (Fsp3) is 0.840. The van der Waals surface area contributed by atoms with Crippen LogP contribution in [0.1, 0.15) is 81.1 Å². The Balaban J connectivity index is 1.60. The van der Waals surface area contributed by atoms with Crippen molar-refractivity contribution in [3.63, 3.8) is 0 Å². The van der Waals surface area contributed by atoms with E-state index in [9.17, 15) is 19.2 Å². The smallest absolute Gasteiger partial charge is 0.323 e. The molecule has 10 nitrogen and oxygen atoms in total. The number of rotatable bonds is 2. The summed E-state index contributed by atoms with van der Waals surface area (Å²) in [7, 11) is 4.06. The van der Waals surface area contributed by atoms with E-state index in [2.05, 4.69) is 75.8 Å². The van der Waals surface area contributed by atoms with Gasteiger partial charge in [-0.3, -0.25) is 19.4 Å². The highest BCUT2D eigenvalue weighted by Gasteiger charge is 2.63. The van der Waals surface area contributed by atoms with Gasteiger partial charge in [0.2, 0.25) is 0 Å². The molecule has 4 aliphatic heterocycles. The summed E-state index contributed by atoms with van der Waals surface area (Å²) in [5.41, 5.74) is -3.47. The van der Waals surface area contributed by atoms with Gasteiger partial charge in [0.25, 0.3) is 11.8 Å². The lowest BCUT2D eigenvalue weighted by atomic mass is 9.69. The lowest BCUT2D eigenvalue weighted by Crippen LogP contribution is -2.68. The summed E-state index contributed by atoms with van der Waals surface area (Å²) in [6.45, 7) is 16.1. The summed E-state index contributed by atoms with van der Waals surface area (Å²) < 4.78 is 0. The molecule has 0 aromatic rings. The molecule has 10 heteroatoms. The van der Waals surface area contributed by atoms with E-state index in [1.54, 1.807) is 0 Å². The summed E-state index contributed by atoms with van der Waals surface area (Å²) in [6, 6.07) is -1.12. The molecular formula is C25H42N6O4. The number of imide groups is 2. The first-order valence-corrected chi connectivity index (χ1v) is 12.5. The second kappa shape index (κ2) is 7.18. The topological polar surface area (TPSA) is 105 Å². The lowest BCUT2D eigenvalue weighted by molar-refractivity contribution is -0.144. The van der Waals surface area contributed by atoms with Gasteiger partial charge in [-0.15, -0.1) is 0 Å². The fourth-order valence-corrected chi connectivity index (χ4v) is 7.42. The zero-order valence-corrected chi connectivity index (χ0v) is 23.0. The Labute approximate surface area is 208 Å². The van der Waals surface area contributed by atoms with Crippen molar-refractivity contribution in [1.29, 1.82) is 0 Å². The molecule has 4 aliphatic rings. The van der Waals surface area contributed by atoms with Crippen molar-refractivity contribution in [2.75, 3.05) is 20.8 Å². The Bertz CT molecular complexity index is 886. The summed E-state index contributed by atoms with van der Waals surface area (Å²) in [5.74, 6) is -0.746. The Kier molecular flexibility index (Phi) is 5.31. The molecule has 0 unspecified atom stereocenters. The molecule has 2 spiro atoms. The van der Waals surface area contributed by atoms with Crippen LogP contribution >= 0.6 is 0 Å². The standard InChI is InChI=1S/C25H42N6O4/c1-20(2)11-24(12-21(3,4)28(20)9)16(32)30(18(34)26-24)15-31-17(33)25(27-19(31)35)13-22(5,6)29(10)23(7,8)14-25/h11-15H2,1-10H3,(H,26,34)(H,27,35). The van der Waals surface area contributed by atoms with Crippen molar-refractivity contribution in [3.05, 3.63) is 0 Å². The second-order valence-corrected chi connectivity index (χ2v) is 13.7. The molecule has 0 aromatic heterocycles. The van der Waals surface area contributed by atoms with E-state index < -0.39 is 23.1 Å². The van der Waals surface area contributed by atoms with Crippen LogP contribution in [-0.4, -0.2) is 97.5 Å². The SMILES string of the molecule is CN1C(C)(C)CC2(CC1(C)C)NC(=O)N(CN1C(=O)NC3(CC(C)(C)N(C)C(C)(C)C3)C1=O)C2=O. The van der Waals surface area contributed by atoms with Gasteiger partial charge in [-0.25, -0.2) is 19.4 Å². The Morgan fingerprint density at radius 2 is 0.829 bits per heavy atom. The third-order valence-corrected chi connectivity index (χ3v) is 9.34. The van der Waals surface area contributed by atoms with Crippen molar-refractivity contribution in [2.45, 2.75) is 114 Å². The van der Waals surface area contributed by atoms with E-state index in [4.69, 9.17) is 0 Å². The summed E-state index contributed by atoms with van der Waals surface area (Å²) in [6.07, 6.45) is 1.78. The zero-order valence-electron chi connectivity index (χ0n) is 23.0. The first-order chi connectivity index (χ1) is 15.7. The molecule has 0 atom stereocenters. The van der Waals surface area contributed by atoms with Crippen LogP contribution < -0.4 is 10.6 Å². The van der Waals surface area contributed by atoms with E-state index >= 15 is 0 Å². The molecular weight excluding hydrogens is 448 g/mol. The van der Waals surface area contributed by atoms with Crippen molar-refractivity contribution >= 4 is 23.9 Å². The van der Waals surface area contributed by atoms with Gasteiger partial charge < -0.3 is 10.6 Å². The van der Waals surface area contributed by atoms with Gasteiger partial charge in [-0.05, 0) is 95.2 Å². The molecule has 0 saturated carbocycles. The summed E-state index contributed by atoms with van der Waals surface area (Å²) >= 11 is 0. The Hall–Kier alpha value is -2.20. The zero-order chi connectivity index (χ0) is 26.6. The molecule has 0 aliphatic carbocycles. The third kappa shape index (κ3) is 3.66. The first kappa shape index (κ1) is 25.9. The van der Waals surface area contributed by atoms with Crippen molar-refractivity contribution < 1.29 is 19.2 Å². The monoisotopic (exact) mass is 490 g/mol. The van der Waals surface area contributed by atoms with Gasteiger partial charge in [0.15, 0.2) is 0 Å². The quantitative estimate of drug-likeness (QED) is 0.575. The Morgan fingerprint density at radius 1 is 0.571 bits per heavy atom. The van der Waals surface area contributed by atoms with E-state index in [0.29, 0.717) is 25.7 Å². The summed E-state index contributed by atoms with van der Waals surface area (Å²) in [4.78, 5) is 60.2. The maximum Gasteiger partial charge on any atom is 0.326 e. The first-order valence-electron chi connectivity index (χ1n) is 12.5. The highest BCUT2D eigenvalue weighted by Crippen LogP contribution is 2.47. The fourth-order valence-electron chi connectivity index (χ4n) is 7.42. The molecule has 4 heterocycles. The van der Waals surface area contributed by atoms with Gasteiger partial charge in [-0.2, -0.15) is 0 Å². The van der Waals surface area contributed by atoms with Gasteiger partial charge in [0.05, 0.1) is 0 Å². The lowest BCUT2D eigenvalue weighted by Gasteiger charge is -2.56. The number of hydrogen-bond donors (Lipinski definition) is 2. The maximum atomic E-state index is 13.7. The number of piperidine rings is 2.